The third kappa shape index (κ3) is 3.28. The first-order valence-electron chi connectivity index (χ1n) is 11.2. The van der Waals surface area contributed by atoms with Crippen LogP contribution < -0.4 is 0 Å². The van der Waals surface area contributed by atoms with Crippen molar-refractivity contribution in [1.82, 2.24) is 0 Å². The van der Waals surface area contributed by atoms with Crippen molar-refractivity contribution >= 4 is 23.0 Å². The summed E-state index contributed by atoms with van der Waals surface area (Å²) in [6.07, 6.45) is 0.241. The molecule has 168 valence electrons. The molecule has 0 aromatic heterocycles. The van der Waals surface area contributed by atoms with Crippen molar-refractivity contribution in [2.75, 3.05) is 0 Å². The van der Waals surface area contributed by atoms with E-state index in [4.69, 9.17) is 11.6 Å². The van der Waals surface area contributed by atoms with E-state index < -0.39 is 11.7 Å². The van der Waals surface area contributed by atoms with Crippen LogP contribution in [0.2, 0.25) is 5.02 Å². The number of allylic oxidation sites excluding steroid dienone is 2. The first kappa shape index (κ1) is 21.6. The number of alkyl halides is 3. The van der Waals surface area contributed by atoms with Gasteiger partial charge in [0, 0.05) is 11.8 Å². The molecule has 1 N–H and O–H groups in total. The number of halogens is 4. The molecule has 2 atom stereocenters. The maximum atomic E-state index is 13.5. The standard InChI is InChI=1S/C26H24ClF3O2/c1-2-13-3-8-16(17-9-10-20(27)19(12-17)26(28,29)30)11-18(13)23-24(31)21-14-4-5-15(7-6-14)22(21)25(23)32/h3,8-12,14-15,21-22,31H,2,4-7H2,1H3. The molecule has 0 spiro atoms. The van der Waals surface area contributed by atoms with Crippen molar-refractivity contribution < 1.29 is 23.1 Å². The summed E-state index contributed by atoms with van der Waals surface area (Å²) in [5.74, 6) is 0.583. The number of hydrogen-bond donors (Lipinski definition) is 1. The van der Waals surface area contributed by atoms with Crippen LogP contribution in [0.5, 0.6) is 0 Å². The first-order chi connectivity index (χ1) is 15.2. The van der Waals surface area contributed by atoms with Gasteiger partial charge in [0.2, 0.25) is 0 Å². The molecule has 0 amide bonds. The summed E-state index contributed by atoms with van der Waals surface area (Å²) < 4.78 is 40.1. The highest BCUT2D eigenvalue weighted by Gasteiger charge is 2.54. The zero-order valence-corrected chi connectivity index (χ0v) is 18.4. The van der Waals surface area contributed by atoms with E-state index in [0.717, 1.165) is 37.3 Å². The second-order valence-corrected chi connectivity index (χ2v) is 9.68. The van der Waals surface area contributed by atoms with Gasteiger partial charge in [-0.1, -0.05) is 36.7 Å². The topological polar surface area (TPSA) is 37.3 Å². The number of carbonyl (C=O) groups is 1. The Morgan fingerprint density at radius 3 is 2.16 bits per heavy atom. The SMILES string of the molecule is CCc1ccc(-c2ccc(Cl)c(C(F)(F)F)c2)cc1C1=C(O)C2C3CCC(CC3)C2C1=O. The fourth-order valence-electron chi connectivity index (χ4n) is 6.17. The first-order valence-corrected chi connectivity index (χ1v) is 11.6. The molecule has 6 rings (SSSR count). The minimum absolute atomic E-state index is 0.000775. The number of carbonyl (C=O) groups excluding carboxylic acids is 1. The van der Waals surface area contributed by atoms with E-state index in [-0.39, 0.29) is 28.4 Å². The Hall–Kier alpha value is -2.27. The van der Waals surface area contributed by atoms with Gasteiger partial charge in [-0.25, -0.2) is 0 Å². The second kappa shape index (κ2) is 7.65. The van der Waals surface area contributed by atoms with Gasteiger partial charge in [-0.15, -0.1) is 0 Å². The van der Waals surface area contributed by atoms with Gasteiger partial charge in [-0.3, -0.25) is 4.79 Å². The molecule has 6 heteroatoms. The van der Waals surface area contributed by atoms with Crippen LogP contribution in [0.3, 0.4) is 0 Å². The summed E-state index contributed by atoms with van der Waals surface area (Å²) in [6, 6.07) is 9.20. The monoisotopic (exact) mass is 460 g/mol. The van der Waals surface area contributed by atoms with Crippen LogP contribution in [0, 0.1) is 23.7 Å². The summed E-state index contributed by atoms with van der Waals surface area (Å²) >= 11 is 5.79. The van der Waals surface area contributed by atoms with Gasteiger partial charge in [0.1, 0.15) is 5.76 Å². The molecule has 3 fully saturated rings. The Balaban J connectivity index is 1.62. The number of benzene rings is 2. The number of hydrogen-bond acceptors (Lipinski definition) is 2. The zero-order valence-electron chi connectivity index (χ0n) is 17.7. The fraction of sp³-hybridized carbons (Fsp3) is 0.423. The van der Waals surface area contributed by atoms with Crippen molar-refractivity contribution in [3.63, 3.8) is 0 Å². The van der Waals surface area contributed by atoms with Gasteiger partial charge in [-0.05, 0) is 84.4 Å². The molecular weight excluding hydrogens is 437 g/mol. The summed E-state index contributed by atoms with van der Waals surface area (Å²) in [4.78, 5) is 13.5. The maximum Gasteiger partial charge on any atom is 0.417 e. The Morgan fingerprint density at radius 2 is 1.56 bits per heavy atom. The lowest BCUT2D eigenvalue weighted by molar-refractivity contribution is -0.137. The van der Waals surface area contributed by atoms with E-state index in [1.807, 2.05) is 13.0 Å². The largest absolute Gasteiger partial charge is 0.511 e. The molecule has 2 bridgehead atoms. The molecule has 4 aliphatic rings. The van der Waals surface area contributed by atoms with Gasteiger partial charge in [0.25, 0.3) is 0 Å². The molecule has 3 saturated carbocycles. The smallest absolute Gasteiger partial charge is 0.417 e. The van der Waals surface area contributed by atoms with Crippen molar-refractivity contribution in [2.24, 2.45) is 23.7 Å². The highest BCUT2D eigenvalue weighted by Crippen LogP contribution is 2.57. The normalized spacial score (nSPS) is 27.2. The highest BCUT2D eigenvalue weighted by atomic mass is 35.5. The summed E-state index contributed by atoms with van der Waals surface area (Å²) in [5, 5.41) is 10.8. The Morgan fingerprint density at radius 1 is 0.969 bits per heavy atom. The lowest BCUT2D eigenvalue weighted by Gasteiger charge is -2.44. The molecule has 0 aliphatic heterocycles. The molecule has 32 heavy (non-hydrogen) atoms. The summed E-state index contributed by atoms with van der Waals surface area (Å²) in [7, 11) is 0. The molecule has 2 aromatic rings. The number of aryl methyl sites for hydroxylation is 1. The molecule has 4 aliphatic carbocycles. The Kier molecular flexibility index (Phi) is 5.16. The number of fused-ring (bicyclic) bond motifs is 2. The van der Waals surface area contributed by atoms with Gasteiger partial charge < -0.3 is 5.11 Å². The summed E-state index contributed by atoms with van der Waals surface area (Å²) in [5.41, 5.74) is 1.96. The van der Waals surface area contributed by atoms with Crippen LogP contribution in [0.4, 0.5) is 13.2 Å². The van der Waals surface area contributed by atoms with E-state index in [2.05, 4.69) is 0 Å². The molecule has 0 heterocycles. The third-order valence-corrected chi connectivity index (χ3v) is 8.03. The minimum atomic E-state index is -4.56. The zero-order chi connectivity index (χ0) is 22.8. The molecule has 2 aromatic carbocycles. The quantitative estimate of drug-likeness (QED) is 0.515. The number of Topliss-reactive ketones (excluding diaryl/α,β-unsaturated/α-hetero) is 1. The fourth-order valence-corrected chi connectivity index (χ4v) is 6.39. The van der Waals surface area contributed by atoms with E-state index >= 15 is 0 Å². The predicted molar refractivity (Wildman–Crippen MR) is 118 cm³/mol. The maximum absolute atomic E-state index is 13.5. The molecule has 2 nitrogen and oxygen atoms in total. The van der Waals surface area contributed by atoms with Crippen molar-refractivity contribution in [1.29, 1.82) is 0 Å². The van der Waals surface area contributed by atoms with Crippen molar-refractivity contribution in [2.45, 2.75) is 45.2 Å². The molecular formula is C26H24ClF3O2. The third-order valence-electron chi connectivity index (χ3n) is 7.71. The highest BCUT2D eigenvalue weighted by molar-refractivity contribution is 6.31. The average molecular weight is 461 g/mol. The Labute approximate surface area is 190 Å². The lowest BCUT2D eigenvalue weighted by atomic mass is 9.59. The van der Waals surface area contributed by atoms with E-state index in [9.17, 15) is 23.1 Å². The van der Waals surface area contributed by atoms with Crippen LogP contribution in [-0.4, -0.2) is 10.9 Å². The van der Waals surface area contributed by atoms with Crippen LogP contribution in [-0.2, 0) is 17.4 Å². The molecule has 0 saturated heterocycles. The molecule has 0 radical (unpaired) electrons. The number of rotatable bonds is 3. The number of ketones is 1. The number of aliphatic hydroxyl groups excluding tert-OH is 1. The summed E-state index contributed by atoms with van der Waals surface area (Å²) in [6.45, 7) is 1.97. The van der Waals surface area contributed by atoms with Crippen molar-refractivity contribution in [3.8, 4) is 11.1 Å². The lowest BCUT2D eigenvalue weighted by Crippen LogP contribution is -2.41. The van der Waals surface area contributed by atoms with E-state index in [1.54, 1.807) is 18.2 Å². The van der Waals surface area contributed by atoms with E-state index in [0.29, 0.717) is 40.5 Å². The van der Waals surface area contributed by atoms with Gasteiger partial charge in [0.05, 0.1) is 16.2 Å². The average Bonchev–Trinajstić information content (AvgIpc) is 3.06. The van der Waals surface area contributed by atoms with Gasteiger partial charge >= 0.3 is 6.18 Å². The van der Waals surface area contributed by atoms with E-state index in [1.165, 1.54) is 6.07 Å². The van der Waals surface area contributed by atoms with Gasteiger partial charge in [-0.2, -0.15) is 13.2 Å². The van der Waals surface area contributed by atoms with Crippen LogP contribution in [0.1, 0.15) is 49.3 Å². The Bertz CT molecular complexity index is 1130. The van der Waals surface area contributed by atoms with Crippen LogP contribution >= 0.6 is 11.6 Å². The van der Waals surface area contributed by atoms with Gasteiger partial charge in [0.15, 0.2) is 5.78 Å². The predicted octanol–water partition coefficient (Wildman–Crippen LogP) is 7.49. The minimum Gasteiger partial charge on any atom is -0.511 e. The molecule has 2 unspecified atom stereocenters. The van der Waals surface area contributed by atoms with Crippen LogP contribution in [0.25, 0.3) is 16.7 Å². The number of aliphatic hydroxyl groups is 1. The van der Waals surface area contributed by atoms with Crippen LogP contribution in [0.15, 0.2) is 42.2 Å². The second-order valence-electron chi connectivity index (χ2n) is 9.27. The van der Waals surface area contributed by atoms with Crippen molar-refractivity contribution in [3.05, 3.63) is 63.9 Å².